The summed E-state index contributed by atoms with van der Waals surface area (Å²) >= 11 is 0. The van der Waals surface area contributed by atoms with E-state index in [9.17, 15) is 4.39 Å². The normalized spacial score (nSPS) is 16.9. The molecule has 0 aliphatic heterocycles. The van der Waals surface area contributed by atoms with Crippen molar-refractivity contribution in [1.29, 1.82) is 0 Å². The number of nitrogens with two attached hydrogens (primary N) is 1. The molecule has 0 amide bonds. The Hall–Kier alpha value is -0.850. The molecule has 5 heteroatoms. The van der Waals surface area contributed by atoms with E-state index in [0.717, 1.165) is 18.4 Å². The Bertz CT molecular complexity index is 456. The van der Waals surface area contributed by atoms with Crippen molar-refractivity contribution >= 4 is 29.9 Å². The van der Waals surface area contributed by atoms with Crippen molar-refractivity contribution in [2.24, 2.45) is 10.7 Å². The van der Waals surface area contributed by atoms with Gasteiger partial charge >= 0.3 is 0 Å². The summed E-state index contributed by atoms with van der Waals surface area (Å²) in [5.74, 6) is 0.299. The number of guanidine groups is 1. The highest BCUT2D eigenvalue weighted by atomic mass is 127. The number of hydrogen-bond donors (Lipinski definition) is 2. The van der Waals surface area contributed by atoms with Gasteiger partial charge in [0, 0.05) is 11.5 Å². The lowest BCUT2D eigenvalue weighted by molar-refractivity contribution is 0.572. The van der Waals surface area contributed by atoms with Gasteiger partial charge in [0.15, 0.2) is 5.96 Å². The number of halogens is 2. The van der Waals surface area contributed by atoms with Crippen molar-refractivity contribution in [3.63, 3.8) is 0 Å². The first-order valence-electron chi connectivity index (χ1n) is 6.35. The van der Waals surface area contributed by atoms with Crippen LogP contribution in [-0.4, -0.2) is 18.5 Å². The number of benzene rings is 1. The van der Waals surface area contributed by atoms with Crippen LogP contribution in [0.2, 0.25) is 0 Å². The van der Waals surface area contributed by atoms with E-state index >= 15 is 0 Å². The van der Waals surface area contributed by atoms with E-state index in [1.165, 1.54) is 6.07 Å². The van der Waals surface area contributed by atoms with Crippen molar-refractivity contribution < 1.29 is 4.39 Å². The van der Waals surface area contributed by atoms with Crippen LogP contribution in [-0.2, 0) is 5.41 Å². The van der Waals surface area contributed by atoms with Crippen molar-refractivity contribution in [3.05, 3.63) is 35.6 Å². The van der Waals surface area contributed by atoms with Crippen LogP contribution in [0, 0.1) is 5.82 Å². The Balaban J connectivity index is 0.00000180. The molecule has 106 valence electrons. The summed E-state index contributed by atoms with van der Waals surface area (Å²) < 4.78 is 13.8. The first-order valence-corrected chi connectivity index (χ1v) is 6.35. The fraction of sp³-hybridized carbons (Fsp3) is 0.500. The van der Waals surface area contributed by atoms with Crippen LogP contribution in [0.5, 0.6) is 0 Å². The maximum absolute atomic E-state index is 13.8. The average molecular weight is 377 g/mol. The summed E-state index contributed by atoms with van der Waals surface area (Å²) in [5, 5.41) is 3.04. The van der Waals surface area contributed by atoms with E-state index in [-0.39, 0.29) is 41.3 Å². The molecule has 0 spiro atoms. The van der Waals surface area contributed by atoms with Gasteiger partial charge in [-0.3, -0.25) is 4.99 Å². The third kappa shape index (κ3) is 4.06. The molecule has 0 unspecified atom stereocenters. The van der Waals surface area contributed by atoms with Crippen molar-refractivity contribution in [2.45, 2.75) is 38.1 Å². The van der Waals surface area contributed by atoms with Gasteiger partial charge in [0.1, 0.15) is 5.82 Å². The van der Waals surface area contributed by atoms with Gasteiger partial charge in [-0.2, -0.15) is 0 Å². The second-order valence-corrected chi connectivity index (χ2v) is 5.26. The smallest absolute Gasteiger partial charge is 0.188 e. The van der Waals surface area contributed by atoms with Crippen LogP contribution in [0.15, 0.2) is 29.3 Å². The Morgan fingerprint density at radius 1 is 1.42 bits per heavy atom. The lowest BCUT2D eigenvalue weighted by atomic mass is 9.95. The molecule has 3 N–H and O–H groups in total. The molecule has 1 aliphatic rings. The summed E-state index contributed by atoms with van der Waals surface area (Å²) in [5.41, 5.74) is 6.41. The lowest BCUT2D eigenvalue weighted by Crippen LogP contribution is -2.37. The summed E-state index contributed by atoms with van der Waals surface area (Å²) in [6, 6.07) is 7.21. The van der Waals surface area contributed by atoms with E-state index in [1.54, 1.807) is 6.07 Å². The predicted octanol–water partition coefficient (Wildman–Crippen LogP) is 2.79. The SMILES string of the molecule is CC(C)NC(N)=NCC1(c2ccccc2F)CC1.I. The van der Waals surface area contributed by atoms with E-state index < -0.39 is 0 Å². The van der Waals surface area contributed by atoms with Crippen LogP contribution in [0.3, 0.4) is 0 Å². The van der Waals surface area contributed by atoms with Crippen molar-refractivity contribution in [2.75, 3.05) is 6.54 Å². The molecule has 2 rings (SSSR count). The first-order chi connectivity index (χ1) is 8.53. The molecule has 0 bridgehead atoms. The minimum absolute atomic E-state index is 0. The molecule has 1 aromatic carbocycles. The first kappa shape index (κ1) is 16.2. The molecular formula is C14H21FIN3. The van der Waals surface area contributed by atoms with E-state index in [0.29, 0.717) is 12.5 Å². The molecule has 3 nitrogen and oxygen atoms in total. The third-order valence-corrected chi connectivity index (χ3v) is 3.29. The molecule has 0 atom stereocenters. The molecule has 0 heterocycles. The maximum Gasteiger partial charge on any atom is 0.188 e. The Morgan fingerprint density at radius 3 is 2.58 bits per heavy atom. The van der Waals surface area contributed by atoms with E-state index in [2.05, 4.69) is 10.3 Å². The van der Waals surface area contributed by atoms with Crippen LogP contribution in [0.25, 0.3) is 0 Å². The molecule has 1 aliphatic carbocycles. The second-order valence-electron chi connectivity index (χ2n) is 5.26. The molecule has 0 aromatic heterocycles. The van der Waals surface area contributed by atoms with Gasteiger partial charge in [0.05, 0.1) is 6.54 Å². The van der Waals surface area contributed by atoms with E-state index in [1.807, 2.05) is 26.0 Å². The maximum atomic E-state index is 13.8. The molecular weight excluding hydrogens is 356 g/mol. The number of nitrogens with zero attached hydrogens (tertiary/aromatic N) is 1. The Morgan fingerprint density at radius 2 is 2.05 bits per heavy atom. The highest BCUT2D eigenvalue weighted by Crippen LogP contribution is 2.49. The van der Waals surface area contributed by atoms with Crippen LogP contribution in [0.4, 0.5) is 4.39 Å². The van der Waals surface area contributed by atoms with Crippen molar-refractivity contribution in [1.82, 2.24) is 5.32 Å². The van der Waals surface area contributed by atoms with Gasteiger partial charge in [-0.05, 0) is 38.3 Å². The van der Waals surface area contributed by atoms with Crippen LogP contribution in [0.1, 0.15) is 32.3 Å². The third-order valence-electron chi connectivity index (χ3n) is 3.29. The number of rotatable bonds is 4. The zero-order valence-electron chi connectivity index (χ0n) is 11.3. The molecule has 0 radical (unpaired) electrons. The topological polar surface area (TPSA) is 50.4 Å². The lowest BCUT2D eigenvalue weighted by Gasteiger charge is -2.15. The molecule has 19 heavy (non-hydrogen) atoms. The van der Waals surface area contributed by atoms with Crippen LogP contribution >= 0.6 is 24.0 Å². The monoisotopic (exact) mass is 377 g/mol. The number of hydrogen-bond acceptors (Lipinski definition) is 1. The largest absolute Gasteiger partial charge is 0.370 e. The van der Waals surface area contributed by atoms with Gasteiger partial charge < -0.3 is 11.1 Å². The quantitative estimate of drug-likeness (QED) is 0.482. The molecule has 1 saturated carbocycles. The highest BCUT2D eigenvalue weighted by Gasteiger charge is 2.45. The van der Waals surface area contributed by atoms with Gasteiger partial charge in [-0.25, -0.2) is 4.39 Å². The Labute approximate surface area is 130 Å². The second kappa shape index (κ2) is 6.54. The van der Waals surface area contributed by atoms with Gasteiger partial charge in [0.25, 0.3) is 0 Å². The average Bonchev–Trinajstić information content (AvgIpc) is 3.07. The standard InChI is InChI=1S/C14H20FN3.HI/c1-10(2)18-13(16)17-9-14(7-8-14)11-5-3-4-6-12(11)15;/h3-6,10H,7-9H2,1-2H3,(H3,16,17,18);1H. The summed E-state index contributed by atoms with van der Waals surface area (Å²) in [4.78, 5) is 4.33. The fourth-order valence-corrected chi connectivity index (χ4v) is 2.13. The summed E-state index contributed by atoms with van der Waals surface area (Å²) in [6.07, 6.45) is 1.96. The molecule has 1 aromatic rings. The summed E-state index contributed by atoms with van der Waals surface area (Å²) in [6.45, 7) is 4.57. The zero-order valence-corrected chi connectivity index (χ0v) is 13.6. The van der Waals surface area contributed by atoms with Crippen molar-refractivity contribution in [3.8, 4) is 0 Å². The van der Waals surface area contributed by atoms with Crippen LogP contribution < -0.4 is 11.1 Å². The minimum atomic E-state index is -0.138. The summed E-state index contributed by atoms with van der Waals surface area (Å²) in [7, 11) is 0. The zero-order chi connectivity index (χ0) is 13.2. The number of nitrogens with one attached hydrogen (secondary N) is 1. The Kier molecular flexibility index (Phi) is 5.58. The highest BCUT2D eigenvalue weighted by molar-refractivity contribution is 14.0. The van der Waals surface area contributed by atoms with Gasteiger partial charge in [-0.1, -0.05) is 18.2 Å². The van der Waals surface area contributed by atoms with Gasteiger partial charge in [-0.15, -0.1) is 24.0 Å². The molecule has 0 saturated heterocycles. The molecule has 1 fully saturated rings. The van der Waals surface area contributed by atoms with E-state index in [4.69, 9.17) is 5.73 Å². The predicted molar refractivity (Wildman–Crippen MR) is 87.5 cm³/mol. The minimum Gasteiger partial charge on any atom is -0.370 e. The van der Waals surface area contributed by atoms with Gasteiger partial charge in [0.2, 0.25) is 0 Å². The number of aliphatic imine (C=N–C) groups is 1. The fourth-order valence-electron chi connectivity index (χ4n) is 2.13.